The Labute approximate surface area is 454 Å². The van der Waals surface area contributed by atoms with E-state index in [-0.39, 0.29) is 87.3 Å². The highest BCUT2D eigenvalue weighted by atomic mass is 16.6. The van der Waals surface area contributed by atoms with Crippen molar-refractivity contribution in [2.24, 2.45) is 35.5 Å². The van der Waals surface area contributed by atoms with Crippen LogP contribution in [0.4, 0.5) is 4.79 Å². The van der Waals surface area contributed by atoms with E-state index in [1.54, 1.807) is 40.9 Å². The van der Waals surface area contributed by atoms with E-state index in [1.165, 1.54) is 12.0 Å². The second-order valence-corrected chi connectivity index (χ2v) is 23.0. The van der Waals surface area contributed by atoms with Gasteiger partial charge in [-0.1, -0.05) is 71.1 Å². The van der Waals surface area contributed by atoms with E-state index in [0.717, 1.165) is 15.4 Å². The summed E-state index contributed by atoms with van der Waals surface area (Å²) in [5.74, 6) is -9.16. The molecule has 0 radical (unpaired) electrons. The number of hydrogen-bond acceptors (Lipinski definition) is 16. The third kappa shape index (κ3) is 14.9. The number of ether oxygens (including phenoxy) is 5. The summed E-state index contributed by atoms with van der Waals surface area (Å²) in [4.78, 5) is 102. The molecule has 17 atom stereocenters. The predicted octanol–water partition coefficient (Wildman–Crippen LogP) is 4.95. The molecule has 0 spiro atoms. The first-order chi connectivity index (χ1) is 36.5. The lowest BCUT2D eigenvalue weighted by atomic mass is 9.78. The molecule has 1 aliphatic carbocycles. The average Bonchev–Trinajstić information content (AvgIpc) is 3.95. The molecular weight excluding hydrogens is 995 g/mol. The van der Waals surface area contributed by atoms with E-state index < -0.39 is 108 Å². The maximum atomic E-state index is 14.6. The minimum Gasteiger partial charge on any atom is -0.460 e. The molecule has 4 amide bonds. The molecule has 19 nitrogen and oxygen atoms in total. The van der Waals surface area contributed by atoms with Gasteiger partial charge in [0.05, 0.1) is 43.7 Å². The lowest BCUT2D eigenvalue weighted by molar-refractivity contribution is -0.266. The predicted molar refractivity (Wildman–Crippen MR) is 282 cm³/mol. The number of cyclic esters (lactones) is 1. The maximum Gasteiger partial charge on any atom is 0.329 e. The molecule has 4 saturated heterocycles. The SMILES string of the molecule is CO[C@@H]1C[C@H](C[C@@H](C)[C@@H]2CC(=O)[C@H](C)/C=C(\C)[C@@H](O)[C@@H](OC)C(=O)[C@H](C)C[C@H](C)/C=C/C=CC=C(C)[C@H](O[C@@H]3C[C@H]4C(=O)N(CCO)C(=O)N4C3)C[C@@H]3CC[C@@H](C)[C@@](O)(O3)C(=O)C(=O)N3CCCC[C@H]3C(=O)O2)CC[C@H]1O. The number of aliphatic hydroxyl groups excluding tert-OH is 3. The fourth-order valence-electron chi connectivity index (χ4n) is 12.3. The van der Waals surface area contributed by atoms with Crippen LogP contribution in [0.1, 0.15) is 132 Å². The Kier molecular flexibility index (Phi) is 22.1. The number of aliphatic hydroxyl groups is 4. The van der Waals surface area contributed by atoms with Crippen molar-refractivity contribution in [1.82, 2.24) is 14.7 Å². The number of piperidine rings is 1. The van der Waals surface area contributed by atoms with Gasteiger partial charge in [-0.3, -0.25) is 28.9 Å². The van der Waals surface area contributed by atoms with Gasteiger partial charge in [0.25, 0.3) is 17.6 Å². The van der Waals surface area contributed by atoms with Gasteiger partial charge in [0.1, 0.15) is 36.2 Å². The minimum absolute atomic E-state index is 0.0249. The van der Waals surface area contributed by atoms with Crippen LogP contribution in [0, 0.1) is 35.5 Å². The summed E-state index contributed by atoms with van der Waals surface area (Å²) in [5, 5.41) is 43.8. The summed E-state index contributed by atoms with van der Waals surface area (Å²) >= 11 is 0. The number of carbonyl (C=O) groups excluding carboxylic acids is 7. The molecule has 430 valence electrons. The lowest BCUT2D eigenvalue weighted by Crippen LogP contribution is -2.61. The Morgan fingerprint density at radius 2 is 1.57 bits per heavy atom. The summed E-state index contributed by atoms with van der Waals surface area (Å²) in [6, 6.07) is -2.46. The highest BCUT2D eigenvalue weighted by molar-refractivity contribution is 6.39. The third-order valence-corrected chi connectivity index (χ3v) is 17.2. The molecule has 2 bridgehead atoms. The fourth-order valence-corrected chi connectivity index (χ4v) is 12.3. The van der Waals surface area contributed by atoms with Gasteiger partial charge >= 0.3 is 12.0 Å². The van der Waals surface area contributed by atoms with E-state index in [0.29, 0.717) is 63.4 Å². The molecule has 0 aromatic rings. The number of esters is 1. The summed E-state index contributed by atoms with van der Waals surface area (Å²) < 4.78 is 30.5. The third-order valence-electron chi connectivity index (χ3n) is 17.2. The number of fused-ring (bicyclic) bond motifs is 4. The number of urea groups is 1. The maximum absolute atomic E-state index is 14.6. The van der Waals surface area contributed by atoms with E-state index in [4.69, 9.17) is 23.7 Å². The Morgan fingerprint density at radius 1 is 0.831 bits per heavy atom. The zero-order valence-electron chi connectivity index (χ0n) is 46.8. The molecule has 0 aromatic heterocycles. The van der Waals surface area contributed by atoms with Crippen molar-refractivity contribution in [1.29, 1.82) is 0 Å². The summed E-state index contributed by atoms with van der Waals surface area (Å²) in [6.07, 6.45) is 9.03. The molecule has 0 aromatic carbocycles. The van der Waals surface area contributed by atoms with Crippen LogP contribution in [0.3, 0.4) is 0 Å². The first kappa shape index (κ1) is 61.7. The standard InChI is InChI=1S/C58H87N3O16/c1-33-15-11-10-12-16-34(2)47(75-42-29-44-54(68)60(23-24-62)57(71)61(44)32-42)30-41-20-18-39(7)58(72,77-41)53(67)55(69)59-22-14-13-17-43(59)56(70)76-48(36(4)27-40-19-21-45(63)49(28-40)73-8)31-46(64)35(3)26-38(6)51(66)52(74-9)50(65)37(5)25-33/h10-12,15-16,26,33,35-37,39-45,47-49,51-52,62-63,66,72H,13-14,17-25,27-32H2,1-9H3/b12-10?,15-11+,34-16?,38-26+/t33-,35-,36-,37-,39-,40+,41+,42-,43+,44+,45-,47-,48+,49-,51-,52+,58-/m1/s1. The second-order valence-electron chi connectivity index (χ2n) is 23.0. The Hall–Kier alpha value is -4.47. The number of carbonyl (C=O) groups is 7. The molecule has 5 heterocycles. The molecular formula is C58H87N3O16. The number of amides is 4. The zero-order chi connectivity index (χ0) is 56.5. The van der Waals surface area contributed by atoms with Crippen molar-refractivity contribution in [2.45, 2.75) is 199 Å². The molecule has 1 saturated carbocycles. The summed E-state index contributed by atoms with van der Waals surface area (Å²) in [6.45, 7) is 12.1. The number of ketones is 3. The molecule has 5 aliphatic heterocycles. The van der Waals surface area contributed by atoms with Crippen LogP contribution < -0.4 is 0 Å². The minimum atomic E-state index is -2.57. The highest BCUT2D eigenvalue weighted by Gasteiger charge is 2.54. The van der Waals surface area contributed by atoms with Gasteiger partial charge in [-0.05, 0) is 107 Å². The summed E-state index contributed by atoms with van der Waals surface area (Å²) in [5.41, 5.74) is 1.09. The molecule has 77 heavy (non-hydrogen) atoms. The zero-order valence-corrected chi connectivity index (χ0v) is 46.8. The second kappa shape index (κ2) is 27.6. The smallest absolute Gasteiger partial charge is 0.329 e. The molecule has 19 heteroatoms. The van der Waals surface area contributed by atoms with Crippen LogP contribution in [0.5, 0.6) is 0 Å². The van der Waals surface area contributed by atoms with Gasteiger partial charge in [0, 0.05) is 64.3 Å². The van der Waals surface area contributed by atoms with Crippen molar-refractivity contribution in [3.05, 3.63) is 47.6 Å². The van der Waals surface area contributed by atoms with Crippen LogP contribution in [-0.2, 0) is 52.5 Å². The Morgan fingerprint density at radius 3 is 2.26 bits per heavy atom. The van der Waals surface area contributed by atoms with E-state index in [1.807, 2.05) is 51.2 Å². The van der Waals surface area contributed by atoms with Crippen LogP contribution in [0.15, 0.2) is 47.6 Å². The van der Waals surface area contributed by atoms with Crippen LogP contribution in [-0.4, -0.2) is 183 Å². The molecule has 0 unspecified atom stereocenters. The number of imide groups is 1. The van der Waals surface area contributed by atoms with Gasteiger partial charge in [-0.15, -0.1) is 0 Å². The van der Waals surface area contributed by atoms with E-state index in [9.17, 15) is 54.0 Å². The van der Waals surface area contributed by atoms with Crippen molar-refractivity contribution in [3.8, 4) is 0 Å². The van der Waals surface area contributed by atoms with Crippen molar-refractivity contribution in [3.63, 3.8) is 0 Å². The van der Waals surface area contributed by atoms with E-state index >= 15 is 0 Å². The van der Waals surface area contributed by atoms with Crippen LogP contribution >= 0.6 is 0 Å². The first-order valence-corrected chi connectivity index (χ1v) is 28.1. The van der Waals surface area contributed by atoms with Crippen molar-refractivity contribution < 1.29 is 77.7 Å². The monoisotopic (exact) mass is 1080 g/mol. The number of β-amino-alcohol motifs (C(OH)–C–C–N with tert-alkyl or cyclic N) is 1. The number of Topliss-reactive ketones (excluding diaryl/α,β-unsaturated/α-hetero) is 3. The average molecular weight is 1080 g/mol. The number of rotatable bonds is 9. The number of allylic oxidation sites excluding steroid dienone is 6. The van der Waals surface area contributed by atoms with Crippen molar-refractivity contribution in [2.75, 3.05) is 40.5 Å². The number of methoxy groups -OCH3 is 2. The van der Waals surface area contributed by atoms with Gasteiger partial charge in [0.15, 0.2) is 5.78 Å². The largest absolute Gasteiger partial charge is 0.460 e. The molecule has 5 fully saturated rings. The lowest BCUT2D eigenvalue weighted by Gasteiger charge is -2.43. The normalized spacial score (nSPS) is 38.7. The van der Waals surface area contributed by atoms with Gasteiger partial charge in [0.2, 0.25) is 5.79 Å². The van der Waals surface area contributed by atoms with E-state index in [2.05, 4.69) is 0 Å². The molecule has 6 aliphatic rings. The highest BCUT2D eigenvalue weighted by Crippen LogP contribution is 2.39. The Balaban J connectivity index is 1.31. The topological polar surface area (TPSA) is 256 Å². The van der Waals surface area contributed by atoms with Gasteiger partial charge in [-0.25, -0.2) is 9.59 Å². The van der Waals surface area contributed by atoms with Crippen molar-refractivity contribution >= 4 is 41.2 Å². The summed E-state index contributed by atoms with van der Waals surface area (Å²) in [7, 11) is 2.91. The first-order valence-electron chi connectivity index (χ1n) is 28.1. The van der Waals surface area contributed by atoms with Crippen LogP contribution in [0.25, 0.3) is 0 Å². The van der Waals surface area contributed by atoms with Gasteiger partial charge < -0.3 is 53.9 Å². The van der Waals surface area contributed by atoms with Crippen LogP contribution in [0.2, 0.25) is 0 Å². The van der Waals surface area contributed by atoms with Gasteiger partial charge in [-0.2, -0.15) is 0 Å². The molecule has 4 N–H and O–H groups in total. The Bertz CT molecular complexity index is 2220. The number of hydrogen-bond donors (Lipinski definition) is 4. The fraction of sp³-hybridized carbons (Fsp3) is 0.741. The number of nitrogens with zero attached hydrogens (tertiary/aromatic N) is 3. The quantitative estimate of drug-likeness (QED) is 0.103. The molecule has 6 rings (SSSR count).